The van der Waals surface area contributed by atoms with Crippen LogP contribution in [0.1, 0.15) is 38.9 Å². The van der Waals surface area contributed by atoms with E-state index in [9.17, 15) is 4.79 Å². The van der Waals surface area contributed by atoms with Gasteiger partial charge in [0.2, 0.25) is 0 Å². The number of aromatic carboxylic acids is 1. The van der Waals surface area contributed by atoms with Crippen LogP contribution in [0.25, 0.3) is 0 Å². The molecule has 1 atom stereocenters. The molecule has 0 radical (unpaired) electrons. The van der Waals surface area contributed by atoms with E-state index in [-0.39, 0.29) is 29.8 Å². The Labute approximate surface area is 173 Å². The molecule has 1 unspecified atom stereocenters. The number of rotatable bonds is 4. The van der Waals surface area contributed by atoms with Crippen molar-refractivity contribution in [2.45, 2.75) is 25.9 Å². The zero-order chi connectivity index (χ0) is 18.1. The van der Waals surface area contributed by atoms with E-state index in [1.807, 2.05) is 30.3 Å². The van der Waals surface area contributed by atoms with Gasteiger partial charge in [0.1, 0.15) is 22.5 Å². The minimum absolute atomic E-state index is 0. The summed E-state index contributed by atoms with van der Waals surface area (Å²) in [5.41, 5.74) is 3.55. The van der Waals surface area contributed by atoms with Gasteiger partial charge in [0.15, 0.2) is 0 Å². The molecule has 0 saturated heterocycles. The molecule has 0 fully saturated rings. The van der Waals surface area contributed by atoms with Gasteiger partial charge in [-0.3, -0.25) is 0 Å². The molecule has 27 heavy (non-hydrogen) atoms. The molecule has 2 heterocycles. The van der Waals surface area contributed by atoms with E-state index in [0.29, 0.717) is 10.9 Å². The Hall–Kier alpha value is -2.26. The molecule has 1 aromatic heterocycles. The van der Waals surface area contributed by atoms with Gasteiger partial charge >= 0.3 is 24.8 Å². The fraction of sp³-hybridized carbons (Fsp3) is 0.200. The number of thiazole rings is 1. The van der Waals surface area contributed by atoms with E-state index in [1.165, 1.54) is 17.3 Å². The molecule has 3 aromatic rings. The van der Waals surface area contributed by atoms with E-state index in [0.717, 1.165) is 35.5 Å². The van der Waals surface area contributed by atoms with Gasteiger partial charge in [-0.25, -0.2) is 9.78 Å². The zero-order valence-corrected chi connectivity index (χ0v) is 15.0. The first-order valence-electron chi connectivity index (χ1n) is 8.32. The van der Waals surface area contributed by atoms with Gasteiger partial charge in [-0.1, -0.05) is 35.6 Å². The molecule has 0 spiro atoms. The van der Waals surface area contributed by atoms with Gasteiger partial charge in [0, 0.05) is 0 Å². The van der Waals surface area contributed by atoms with Gasteiger partial charge in [0.05, 0.1) is 6.20 Å². The second-order valence-corrected chi connectivity index (χ2v) is 7.16. The van der Waals surface area contributed by atoms with Crippen molar-refractivity contribution in [1.29, 1.82) is 0 Å². The number of fused-ring (bicyclic) bond motifs is 1. The Balaban J connectivity index is 0.00000210. The van der Waals surface area contributed by atoms with Crippen LogP contribution in [0.4, 0.5) is 0 Å². The van der Waals surface area contributed by atoms with Crippen molar-refractivity contribution < 1.29 is 19.4 Å². The summed E-state index contributed by atoms with van der Waals surface area (Å²) in [5.74, 6) is 0.494. The third kappa shape index (κ3) is 4.19. The average Bonchev–Trinajstić information content (AvgIpc) is 3.10. The van der Waals surface area contributed by atoms with Crippen molar-refractivity contribution in [1.82, 2.24) is 4.98 Å². The molecule has 0 saturated carbocycles. The molecule has 0 amide bonds. The van der Waals surface area contributed by atoms with Crippen molar-refractivity contribution in [3.8, 4) is 16.7 Å². The Morgan fingerprint density at radius 3 is 2.85 bits per heavy atom. The van der Waals surface area contributed by atoms with E-state index >= 15 is 0 Å². The number of hydrogen-bond acceptors (Lipinski definition) is 5. The number of benzene rings is 2. The number of carboxylic acids is 1. The topological polar surface area (TPSA) is 68.7 Å². The summed E-state index contributed by atoms with van der Waals surface area (Å²) in [7, 11) is 0. The van der Waals surface area contributed by atoms with Crippen molar-refractivity contribution >= 4 is 36.2 Å². The maximum absolute atomic E-state index is 10.9. The molecule has 4 rings (SSSR count). The second-order valence-electron chi connectivity index (χ2n) is 6.17. The first-order chi connectivity index (χ1) is 12.6. The number of carboxylic acid groups (broad SMARTS) is 1. The van der Waals surface area contributed by atoms with Crippen LogP contribution in [0.2, 0.25) is 0 Å². The Kier molecular flexibility index (Phi) is 5.91. The van der Waals surface area contributed by atoms with E-state index in [1.54, 1.807) is 0 Å². The van der Waals surface area contributed by atoms with Crippen LogP contribution in [-0.4, -0.2) is 34.9 Å². The van der Waals surface area contributed by atoms with Crippen LogP contribution in [0.5, 0.6) is 16.7 Å². The summed E-state index contributed by atoms with van der Waals surface area (Å²) in [6.07, 6.45) is 3.16. The molecule has 5 nitrogen and oxygen atoms in total. The number of hydrogen-bond donors (Lipinski definition) is 1. The minimum atomic E-state index is -1.00. The third-order valence-corrected chi connectivity index (χ3v) is 5.28. The second kappa shape index (κ2) is 8.18. The maximum atomic E-state index is 10.9. The molecule has 1 N–H and O–H groups in total. The summed E-state index contributed by atoms with van der Waals surface area (Å²) in [6, 6.07) is 14.0. The molecule has 134 valence electrons. The molecular weight excluding hydrogens is 357 g/mol. The molecule has 1 aliphatic rings. The molecule has 2 aromatic carbocycles. The quantitative estimate of drug-likeness (QED) is 0.686. The Morgan fingerprint density at radius 1 is 1.30 bits per heavy atom. The van der Waals surface area contributed by atoms with E-state index < -0.39 is 5.97 Å². The summed E-state index contributed by atoms with van der Waals surface area (Å²) in [5, 5.41) is 9.28. The van der Waals surface area contributed by atoms with Crippen molar-refractivity contribution in [3.05, 3.63) is 70.2 Å². The van der Waals surface area contributed by atoms with Gasteiger partial charge in [-0.2, -0.15) is 0 Å². The first-order valence-corrected chi connectivity index (χ1v) is 9.14. The summed E-state index contributed by atoms with van der Waals surface area (Å²) >= 11 is 1.01. The molecule has 0 bridgehead atoms. The van der Waals surface area contributed by atoms with Gasteiger partial charge in [-0.15, -0.1) is 0 Å². The Bertz CT molecular complexity index is 972. The van der Waals surface area contributed by atoms with E-state index in [4.69, 9.17) is 14.6 Å². The summed E-state index contributed by atoms with van der Waals surface area (Å²) in [6.45, 7) is 2.10. The van der Waals surface area contributed by atoms with Crippen molar-refractivity contribution in [2.75, 3.05) is 0 Å². The normalized spacial score (nSPS) is 15.2. The van der Waals surface area contributed by atoms with Crippen LogP contribution in [-0.2, 0) is 6.42 Å². The summed E-state index contributed by atoms with van der Waals surface area (Å²) in [4.78, 5) is 15.1. The van der Waals surface area contributed by atoms with Crippen LogP contribution >= 0.6 is 11.3 Å². The number of ether oxygens (including phenoxy) is 2. The molecule has 1 aliphatic heterocycles. The fourth-order valence-corrected chi connectivity index (χ4v) is 3.72. The van der Waals surface area contributed by atoms with Gasteiger partial charge < -0.3 is 14.6 Å². The Morgan fingerprint density at radius 2 is 2.11 bits per heavy atom. The first kappa shape index (κ1) is 19.5. The number of carbonyl (C=O) groups is 1. The number of nitrogens with zero attached hydrogens (tertiary/aromatic N) is 1. The third-order valence-electron chi connectivity index (χ3n) is 4.41. The average molecular weight is 375 g/mol. The van der Waals surface area contributed by atoms with Gasteiger partial charge in [0.25, 0.3) is 5.19 Å². The van der Waals surface area contributed by atoms with Crippen LogP contribution in [0.15, 0.2) is 48.7 Å². The number of aromatic nitrogens is 1. The van der Waals surface area contributed by atoms with Gasteiger partial charge in [-0.05, 0) is 54.7 Å². The summed E-state index contributed by atoms with van der Waals surface area (Å²) < 4.78 is 11.9. The molecular formula is C20H18LiNO4S. The van der Waals surface area contributed by atoms with Crippen LogP contribution < -0.4 is 9.47 Å². The number of aryl methyl sites for hydroxylation is 2. The van der Waals surface area contributed by atoms with Crippen molar-refractivity contribution in [2.24, 2.45) is 0 Å². The van der Waals surface area contributed by atoms with E-state index in [2.05, 4.69) is 24.0 Å². The predicted octanol–water partition coefficient (Wildman–Crippen LogP) is 4.36. The SMILES string of the molecule is Cc1ccccc1C1CCc2cc(Oc3ncc(C(=O)O)s3)ccc2O1.[LiH]. The zero-order valence-electron chi connectivity index (χ0n) is 14.1. The molecule has 7 heteroatoms. The predicted molar refractivity (Wildman–Crippen MR) is 106 cm³/mol. The van der Waals surface area contributed by atoms with Crippen LogP contribution in [0.3, 0.4) is 0 Å². The van der Waals surface area contributed by atoms with Crippen molar-refractivity contribution in [3.63, 3.8) is 0 Å². The monoisotopic (exact) mass is 375 g/mol. The fourth-order valence-electron chi connectivity index (χ4n) is 3.10. The standard InChI is InChI=1S/C20H17NO4S.Li.H/c1-12-4-2-3-5-15(12)17-8-6-13-10-14(7-9-16(13)25-17)24-20-21-11-18(26-20)19(22)23;;/h2-5,7,9-11,17H,6,8H2,1H3,(H,22,23);;. The van der Waals surface area contributed by atoms with Crippen LogP contribution in [0, 0.1) is 6.92 Å². The molecule has 0 aliphatic carbocycles.